The van der Waals surface area contributed by atoms with Crippen molar-refractivity contribution in [2.24, 2.45) is 0 Å². The lowest BCUT2D eigenvalue weighted by molar-refractivity contribution is -0.117. The largest absolute Gasteiger partial charge is 0.503 e. The molecule has 29 heavy (non-hydrogen) atoms. The normalized spacial score (nSPS) is 16.6. The van der Waals surface area contributed by atoms with Gasteiger partial charge in [-0.25, -0.2) is 0 Å². The zero-order valence-corrected chi connectivity index (χ0v) is 15.5. The number of anilines is 1. The van der Waals surface area contributed by atoms with E-state index in [1.165, 1.54) is 17.2 Å². The summed E-state index contributed by atoms with van der Waals surface area (Å²) in [5.74, 6) is -1.58. The maximum absolute atomic E-state index is 13.0. The van der Waals surface area contributed by atoms with E-state index in [1.807, 2.05) is 60.7 Å². The van der Waals surface area contributed by atoms with Crippen LogP contribution < -0.4 is 4.90 Å². The number of hydrogen-bond acceptors (Lipinski definition) is 4. The lowest BCUT2D eigenvalue weighted by Gasteiger charge is -2.26. The first-order chi connectivity index (χ1) is 14.2. The van der Waals surface area contributed by atoms with Gasteiger partial charge in [-0.2, -0.15) is 0 Å². The molecule has 0 aliphatic carbocycles. The van der Waals surface area contributed by atoms with Gasteiger partial charge in [-0.3, -0.25) is 19.5 Å². The first-order valence-electron chi connectivity index (χ1n) is 9.16. The van der Waals surface area contributed by atoms with Gasteiger partial charge in [0.2, 0.25) is 0 Å². The van der Waals surface area contributed by atoms with Crippen LogP contribution in [0.25, 0.3) is 6.08 Å². The summed E-state index contributed by atoms with van der Waals surface area (Å²) in [5, 5.41) is 10.6. The van der Waals surface area contributed by atoms with Crippen molar-refractivity contribution in [2.75, 3.05) is 4.90 Å². The molecule has 1 aliphatic rings. The van der Waals surface area contributed by atoms with Gasteiger partial charge in [-0.15, -0.1) is 0 Å². The van der Waals surface area contributed by atoms with Gasteiger partial charge in [0, 0.05) is 6.20 Å². The third-order valence-electron chi connectivity index (χ3n) is 4.74. The molecule has 0 spiro atoms. The van der Waals surface area contributed by atoms with Crippen molar-refractivity contribution in [3.8, 4) is 0 Å². The van der Waals surface area contributed by atoms with Crippen LogP contribution in [0.2, 0.25) is 0 Å². The molecule has 1 amide bonds. The molecule has 3 aromatic rings. The standard InChI is InChI=1S/C24H18N2O3/c27-20(14-13-17-8-3-1-4-9-17)21-22(18-10-5-2-6-11-18)26(24(29)23(21)28)19-12-7-15-25-16-19/h1-16,22,28H. The number of aromatic nitrogens is 1. The summed E-state index contributed by atoms with van der Waals surface area (Å²) in [4.78, 5) is 31.4. The van der Waals surface area contributed by atoms with Crippen LogP contribution in [0.3, 0.4) is 0 Å². The number of hydrogen-bond donors (Lipinski definition) is 1. The molecule has 2 heterocycles. The number of carbonyl (C=O) groups excluding carboxylic acids is 2. The second-order valence-electron chi connectivity index (χ2n) is 6.57. The van der Waals surface area contributed by atoms with Crippen molar-refractivity contribution in [3.63, 3.8) is 0 Å². The van der Waals surface area contributed by atoms with Crippen molar-refractivity contribution in [1.82, 2.24) is 4.98 Å². The van der Waals surface area contributed by atoms with Crippen LogP contribution in [0, 0.1) is 0 Å². The number of allylic oxidation sites excluding steroid dienone is 1. The van der Waals surface area contributed by atoms with E-state index in [4.69, 9.17) is 0 Å². The number of rotatable bonds is 5. The highest BCUT2D eigenvalue weighted by molar-refractivity contribution is 6.19. The molecule has 0 saturated carbocycles. The molecule has 0 saturated heterocycles. The molecule has 0 radical (unpaired) electrons. The zero-order valence-electron chi connectivity index (χ0n) is 15.5. The van der Waals surface area contributed by atoms with Gasteiger partial charge in [-0.05, 0) is 29.3 Å². The van der Waals surface area contributed by atoms with Crippen LogP contribution >= 0.6 is 0 Å². The van der Waals surface area contributed by atoms with Gasteiger partial charge >= 0.3 is 0 Å². The van der Waals surface area contributed by atoms with Crippen LogP contribution in [0.1, 0.15) is 17.2 Å². The number of aliphatic hydroxyl groups is 1. The lowest BCUT2D eigenvalue weighted by Crippen LogP contribution is -2.30. The highest BCUT2D eigenvalue weighted by atomic mass is 16.3. The second-order valence-corrected chi connectivity index (χ2v) is 6.57. The molecule has 0 fully saturated rings. The number of ketones is 1. The smallest absolute Gasteiger partial charge is 0.294 e. The molecule has 1 atom stereocenters. The summed E-state index contributed by atoms with van der Waals surface area (Å²) in [6, 6.07) is 21.2. The average Bonchev–Trinajstić information content (AvgIpc) is 3.05. The minimum atomic E-state index is -0.735. The molecule has 142 valence electrons. The Bertz CT molecular complexity index is 1090. The summed E-state index contributed by atoms with van der Waals surface area (Å²) in [6.45, 7) is 0. The highest BCUT2D eigenvalue weighted by Crippen LogP contribution is 2.40. The number of pyridine rings is 1. The molecule has 1 aromatic heterocycles. The number of benzene rings is 2. The van der Waals surface area contributed by atoms with Crippen molar-refractivity contribution < 1.29 is 14.7 Å². The maximum atomic E-state index is 13.0. The monoisotopic (exact) mass is 382 g/mol. The fourth-order valence-electron chi connectivity index (χ4n) is 3.40. The fraction of sp³-hybridized carbons (Fsp3) is 0.0417. The van der Waals surface area contributed by atoms with E-state index in [9.17, 15) is 14.7 Å². The molecule has 5 nitrogen and oxygen atoms in total. The van der Waals surface area contributed by atoms with Crippen LogP contribution in [0.4, 0.5) is 5.69 Å². The van der Waals surface area contributed by atoms with Gasteiger partial charge in [0.1, 0.15) is 0 Å². The van der Waals surface area contributed by atoms with E-state index in [0.717, 1.165) is 11.1 Å². The SMILES string of the molecule is O=C(C=Cc1ccccc1)C1=C(O)C(=O)N(c2cccnc2)C1c1ccccc1. The van der Waals surface area contributed by atoms with E-state index in [1.54, 1.807) is 24.4 Å². The van der Waals surface area contributed by atoms with Crippen molar-refractivity contribution in [3.05, 3.63) is 114 Å². The van der Waals surface area contributed by atoms with Crippen LogP contribution in [-0.4, -0.2) is 21.8 Å². The van der Waals surface area contributed by atoms with Gasteiger partial charge in [0.25, 0.3) is 5.91 Å². The topological polar surface area (TPSA) is 70.5 Å². The van der Waals surface area contributed by atoms with E-state index in [0.29, 0.717) is 5.69 Å². The zero-order chi connectivity index (χ0) is 20.2. The molecular weight excluding hydrogens is 364 g/mol. The Morgan fingerprint density at radius 2 is 1.66 bits per heavy atom. The molecule has 4 rings (SSSR count). The summed E-state index contributed by atoms with van der Waals surface area (Å²) >= 11 is 0. The van der Waals surface area contributed by atoms with Gasteiger partial charge in [0.05, 0.1) is 23.5 Å². The molecule has 1 N–H and O–H groups in total. The summed E-state index contributed by atoms with van der Waals surface area (Å²) in [5.41, 5.74) is 2.14. The Hall–Kier alpha value is -3.99. The van der Waals surface area contributed by atoms with Gasteiger partial charge in [0.15, 0.2) is 11.5 Å². The third-order valence-corrected chi connectivity index (χ3v) is 4.74. The third kappa shape index (κ3) is 3.58. The Morgan fingerprint density at radius 1 is 0.966 bits per heavy atom. The predicted molar refractivity (Wildman–Crippen MR) is 111 cm³/mol. The van der Waals surface area contributed by atoms with Gasteiger partial charge in [-0.1, -0.05) is 66.7 Å². The minimum absolute atomic E-state index is 0.0530. The Balaban J connectivity index is 1.77. The average molecular weight is 382 g/mol. The molecule has 0 bridgehead atoms. The Morgan fingerprint density at radius 3 is 2.31 bits per heavy atom. The Labute approximate surface area is 168 Å². The second kappa shape index (κ2) is 7.94. The molecular formula is C24H18N2O3. The van der Waals surface area contributed by atoms with E-state index in [2.05, 4.69) is 4.98 Å². The molecule has 2 aromatic carbocycles. The van der Waals surface area contributed by atoms with Gasteiger partial charge < -0.3 is 5.11 Å². The fourth-order valence-corrected chi connectivity index (χ4v) is 3.40. The lowest BCUT2D eigenvalue weighted by atomic mass is 9.95. The summed E-state index contributed by atoms with van der Waals surface area (Å²) in [7, 11) is 0. The van der Waals surface area contributed by atoms with Crippen LogP contribution in [-0.2, 0) is 9.59 Å². The van der Waals surface area contributed by atoms with E-state index in [-0.39, 0.29) is 5.57 Å². The van der Waals surface area contributed by atoms with Crippen molar-refractivity contribution >= 4 is 23.5 Å². The maximum Gasteiger partial charge on any atom is 0.294 e. The summed E-state index contributed by atoms with van der Waals surface area (Å²) in [6.07, 6.45) is 6.19. The van der Waals surface area contributed by atoms with Crippen molar-refractivity contribution in [2.45, 2.75) is 6.04 Å². The predicted octanol–water partition coefficient (Wildman–Crippen LogP) is 4.26. The van der Waals surface area contributed by atoms with E-state index >= 15 is 0 Å². The van der Waals surface area contributed by atoms with Crippen molar-refractivity contribution in [1.29, 1.82) is 0 Å². The number of nitrogens with zero attached hydrogens (tertiary/aromatic N) is 2. The molecule has 1 unspecified atom stereocenters. The number of aliphatic hydroxyl groups excluding tert-OH is 1. The number of carbonyl (C=O) groups is 2. The Kier molecular flexibility index (Phi) is 5.03. The molecule has 1 aliphatic heterocycles. The van der Waals surface area contributed by atoms with E-state index < -0.39 is 23.5 Å². The van der Waals surface area contributed by atoms with Crippen LogP contribution in [0.5, 0.6) is 0 Å². The highest BCUT2D eigenvalue weighted by Gasteiger charge is 2.43. The minimum Gasteiger partial charge on any atom is -0.503 e. The molecule has 5 heteroatoms. The first-order valence-corrected chi connectivity index (χ1v) is 9.16. The van der Waals surface area contributed by atoms with Crippen LogP contribution in [0.15, 0.2) is 103 Å². The number of amides is 1. The quantitative estimate of drug-likeness (QED) is 0.669. The first kappa shape index (κ1) is 18.4. The summed E-state index contributed by atoms with van der Waals surface area (Å²) < 4.78 is 0.